The lowest BCUT2D eigenvalue weighted by Gasteiger charge is -2.26. The van der Waals surface area contributed by atoms with Crippen molar-refractivity contribution in [2.75, 3.05) is 0 Å². The number of esters is 1. The number of rotatable bonds is 3. The SMILES string of the molecule is CCC1CC(c2ccc(C)cc2)(c2ccc(C)cc2)C(=O)O1. The van der Waals surface area contributed by atoms with E-state index < -0.39 is 5.41 Å². The third-order valence-corrected chi connectivity index (χ3v) is 4.70. The molecule has 0 radical (unpaired) electrons. The molecule has 22 heavy (non-hydrogen) atoms. The van der Waals surface area contributed by atoms with Crippen LogP contribution in [-0.4, -0.2) is 12.1 Å². The summed E-state index contributed by atoms with van der Waals surface area (Å²) >= 11 is 0. The molecule has 2 aromatic rings. The summed E-state index contributed by atoms with van der Waals surface area (Å²) in [5.41, 5.74) is 3.79. The summed E-state index contributed by atoms with van der Waals surface area (Å²) in [5.74, 6) is -0.118. The minimum absolute atomic E-state index is 0.00453. The first kappa shape index (κ1) is 14.8. The fourth-order valence-corrected chi connectivity index (χ4v) is 3.26. The highest BCUT2D eigenvalue weighted by Gasteiger charge is 2.51. The van der Waals surface area contributed by atoms with Crippen molar-refractivity contribution in [2.24, 2.45) is 0 Å². The average Bonchev–Trinajstić information content (AvgIpc) is 2.86. The Morgan fingerprint density at radius 2 is 1.41 bits per heavy atom. The van der Waals surface area contributed by atoms with Crippen LogP contribution in [0.1, 0.15) is 42.0 Å². The van der Waals surface area contributed by atoms with Gasteiger partial charge in [0.2, 0.25) is 0 Å². The molecule has 2 nitrogen and oxygen atoms in total. The number of hydrogen-bond acceptors (Lipinski definition) is 2. The molecular weight excluding hydrogens is 272 g/mol. The molecule has 0 bridgehead atoms. The molecule has 2 aromatic carbocycles. The van der Waals surface area contributed by atoms with Gasteiger partial charge in [0.15, 0.2) is 0 Å². The van der Waals surface area contributed by atoms with Crippen LogP contribution in [0, 0.1) is 13.8 Å². The number of cyclic esters (lactones) is 1. The second-order valence-electron chi connectivity index (χ2n) is 6.28. The molecule has 1 saturated heterocycles. The first-order valence-electron chi connectivity index (χ1n) is 7.91. The fraction of sp³-hybridized carbons (Fsp3) is 0.350. The normalized spacial score (nSPS) is 20.0. The van der Waals surface area contributed by atoms with Gasteiger partial charge < -0.3 is 4.74 Å². The third kappa shape index (κ3) is 2.33. The quantitative estimate of drug-likeness (QED) is 0.788. The van der Waals surface area contributed by atoms with E-state index >= 15 is 0 Å². The molecular formula is C20H22O2. The maximum absolute atomic E-state index is 12.8. The molecule has 0 amide bonds. The van der Waals surface area contributed by atoms with Gasteiger partial charge in [0.1, 0.15) is 11.5 Å². The topological polar surface area (TPSA) is 26.3 Å². The molecule has 1 aliphatic rings. The first-order valence-corrected chi connectivity index (χ1v) is 7.91. The van der Waals surface area contributed by atoms with Crippen molar-refractivity contribution in [3.63, 3.8) is 0 Å². The predicted molar refractivity (Wildman–Crippen MR) is 87.9 cm³/mol. The predicted octanol–water partition coefficient (Wildman–Crippen LogP) is 4.32. The van der Waals surface area contributed by atoms with E-state index in [9.17, 15) is 4.79 Å². The van der Waals surface area contributed by atoms with Crippen LogP contribution in [0.5, 0.6) is 0 Å². The minimum atomic E-state index is -0.665. The van der Waals surface area contributed by atoms with Crippen molar-refractivity contribution in [2.45, 2.75) is 45.1 Å². The van der Waals surface area contributed by atoms with Crippen molar-refractivity contribution in [1.29, 1.82) is 0 Å². The largest absolute Gasteiger partial charge is 0.461 e. The smallest absolute Gasteiger partial charge is 0.321 e. The van der Waals surface area contributed by atoms with E-state index in [1.54, 1.807) is 0 Å². The Morgan fingerprint density at radius 3 is 1.77 bits per heavy atom. The Morgan fingerprint density at radius 1 is 0.955 bits per heavy atom. The van der Waals surface area contributed by atoms with E-state index in [4.69, 9.17) is 4.74 Å². The molecule has 1 fully saturated rings. The summed E-state index contributed by atoms with van der Waals surface area (Å²) in [6.45, 7) is 6.19. The molecule has 3 rings (SSSR count). The van der Waals surface area contributed by atoms with Crippen molar-refractivity contribution in [1.82, 2.24) is 0 Å². The lowest BCUT2D eigenvalue weighted by molar-refractivity contribution is -0.144. The van der Waals surface area contributed by atoms with Gasteiger partial charge in [-0.1, -0.05) is 66.6 Å². The molecule has 1 heterocycles. The number of hydrogen-bond donors (Lipinski definition) is 0. The summed E-state index contributed by atoms with van der Waals surface area (Å²) in [5, 5.41) is 0. The standard InChI is InChI=1S/C20H22O2/c1-4-18-13-20(19(21)22-18,16-9-5-14(2)6-10-16)17-11-7-15(3)8-12-17/h5-12,18H,4,13H2,1-3H3. The van der Waals surface area contributed by atoms with Gasteiger partial charge >= 0.3 is 5.97 Å². The van der Waals surface area contributed by atoms with Crippen molar-refractivity contribution >= 4 is 5.97 Å². The van der Waals surface area contributed by atoms with E-state index in [0.717, 1.165) is 17.5 Å². The molecule has 0 aromatic heterocycles. The summed E-state index contributed by atoms with van der Waals surface area (Å²) in [6, 6.07) is 16.5. The van der Waals surface area contributed by atoms with Gasteiger partial charge in [-0.2, -0.15) is 0 Å². The number of aryl methyl sites for hydroxylation is 2. The van der Waals surface area contributed by atoms with Crippen molar-refractivity contribution in [3.8, 4) is 0 Å². The summed E-state index contributed by atoms with van der Waals surface area (Å²) in [7, 11) is 0. The van der Waals surface area contributed by atoms with E-state index in [1.165, 1.54) is 11.1 Å². The Labute approximate surface area is 132 Å². The fourth-order valence-electron chi connectivity index (χ4n) is 3.26. The second-order valence-corrected chi connectivity index (χ2v) is 6.28. The van der Waals surface area contributed by atoms with Crippen molar-refractivity contribution in [3.05, 3.63) is 70.8 Å². The zero-order chi connectivity index (χ0) is 15.7. The number of benzene rings is 2. The van der Waals surface area contributed by atoms with Crippen LogP contribution in [0.3, 0.4) is 0 Å². The maximum atomic E-state index is 12.8. The van der Waals surface area contributed by atoms with Gasteiger partial charge in [0, 0.05) is 6.42 Å². The molecule has 1 unspecified atom stereocenters. The van der Waals surface area contributed by atoms with Gasteiger partial charge in [-0.15, -0.1) is 0 Å². The Bertz CT molecular complexity index is 622. The van der Waals surface area contributed by atoms with Crippen LogP contribution in [0.4, 0.5) is 0 Å². The summed E-state index contributed by atoms with van der Waals surface area (Å²) < 4.78 is 5.66. The van der Waals surface area contributed by atoms with Gasteiger partial charge in [-0.25, -0.2) is 0 Å². The molecule has 0 spiro atoms. The monoisotopic (exact) mass is 294 g/mol. The highest BCUT2D eigenvalue weighted by Crippen LogP contribution is 2.44. The summed E-state index contributed by atoms with van der Waals surface area (Å²) in [6.07, 6.45) is 1.56. The van der Waals surface area contributed by atoms with Crippen LogP contribution in [0.2, 0.25) is 0 Å². The van der Waals surface area contributed by atoms with E-state index in [1.807, 2.05) is 0 Å². The summed E-state index contributed by atoms with van der Waals surface area (Å²) in [4.78, 5) is 12.8. The van der Waals surface area contributed by atoms with E-state index in [2.05, 4.69) is 69.3 Å². The third-order valence-electron chi connectivity index (χ3n) is 4.70. The zero-order valence-corrected chi connectivity index (χ0v) is 13.4. The Kier molecular flexibility index (Phi) is 3.78. The van der Waals surface area contributed by atoms with Gasteiger partial charge in [0.05, 0.1) is 0 Å². The van der Waals surface area contributed by atoms with E-state index in [-0.39, 0.29) is 12.1 Å². The van der Waals surface area contributed by atoms with Gasteiger partial charge in [0.25, 0.3) is 0 Å². The van der Waals surface area contributed by atoms with Crippen LogP contribution < -0.4 is 0 Å². The Hall–Kier alpha value is -2.09. The minimum Gasteiger partial charge on any atom is -0.461 e. The highest BCUT2D eigenvalue weighted by atomic mass is 16.6. The van der Waals surface area contributed by atoms with Gasteiger partial charge in [-0.3, -0.25) is 4.79 Å². The number of ether oxygens (including phenoxy) is 1. The van der Waals surface area contributed by atoms with Crippen molar-refractivity contribution < 1.29 is 9.53 Å². The molecule has 1 aliphatic heterocycles. The second kappa shape index (κ2) is 5.60. The van der Waals surface area contributed by atoms with Gasteiger partial charge in [-0.05, 0) is 31.4 Å². The highest BCUT2D eigenvalue weighted by molar-refractivity contribution is 5.89. The lowest BCUT2D eigenvalue weighted by Crippen LogP contribution is -2.33. The van der Waals surface area contributed by atoms with Crippen LogP contribution in [-0.2, 0) is 14.9 Å². The van der Waals surface area contributed by atoms with Crippen LogP contribution >= 0.6 is 0 Å². The van der Waals surface area contributed by atoms with Crippen LogP contribution in [0.15, 0.2) is 48.5 Å². The molecule has 114 valence electrons. The molecule has 0 N–H and O–H groups in total. The maximum Gasteiger partial charge on any atom is 0.321 e. The number of carbonyl (C=O) groups is 1. The molecule has 1 atom stereocenters. The first-order chi connectivity index (χ1) is 10.6. The molecule has 0 saturated carbocycles. The lowest BCUT2D eigenvalue weighted by atomic mass is 9.72. The zero-order valence-electron chi connectivity index (χ0n) is 13.4. The molecule has 2 heteroatoms. The number of carbonyl (C=O) groups excluding carboxylic acids is 1. The van der Waals surface area contributed by atoms with Crippen LogP contribution in [0.25, 0.3) is 0 Å². The average molecular weight is 294 g/mol. The van der Waals surface area contributed by atoms with E-state index in [0.29, 0.717) is 6.42 Å². The Balaban J connectivity index is 2.16. The molecule has 0 aliphatic carbocycles.